The predicted octanol–water partition coefficient (Wildman–Crippen LogP) is 5.94. The number of fused-ring (bicyclic) bond motifs is 1. The van der Waals surface area contributed by atoms with E-state index >= 15 is 0 Å². The van der Waals surface area contributed by atoms with Crippen LogP contribution in [0, 0.1) is 11.3 Å². The second kappa shape index (κ2) is 8.61. The van der Waals surface area contributed by atoms with E-state index in [1.165, 1.54) is 36.1 Å². The van der Waals surface area contributed by atoms with Crippen LogP contribution in [0.2, 0.25) is 0 Å². The van der Waals surface area contributed by atoms with E-state index in [0.29, 0.717) is 17.4 Å². The summed E-state index contributed by atoms with van der Waals surface area (Å²) >= 11 is 0. The Balaban J connectivity index is 1.42. The van der Waals surface area contributed by atoms with Crippen molar-refractivity contribution >= 4 is 5.52 Å². The molecule has 0 bridgehead atoms. The number of hydrogen-bond acceptors (Lipinski definition) is 3. The molecule has 0 N–H and O–H groups in total. The number of allylic oxidation sites excluding steroid dienone is 1. The molecule has 0 radical (unpaired) electrons. The zero-order chi connectivity index (χ0) is 20.2. The minimum Gasteiger partial charge on any atom is -0.261 e. The van der Waals surface area contributed by atoms with Crippen molar-refractivity contribution in [1.82, 2.24) is 14.6 Å². The van der Waals surface area contributed by atoms with Gasteiger partial charge in [0.1, 0.15) is 0 Å². The molecule has 0 saturated heterocycles. The van der Waals surface area contributed by atoms with Gasteiger partial charge in [-0.2, -0.15) is 10.4 Å². The Morgan fingerprint density at radius 2 is 2.21 bits per heavy atom. The number of aryl methyl sites for hydroxylation is 1. The maximum absolute atomic E-state index is 9.27. The second-order valence-electron chi connectivity index (χ2n) is 8.31. The molecule has 4 nitrogen and oxygen atoms in total. The summed E-state index contributed by atoms with van der Waals surface area (Å²) in [6.45, 7) is 6.53. The maximum Gasteiger partial charge on any atom is 0.0992 e. The molecule has 3 heterocycles. The van der Waals surface area contributed by atoms with Crippen molar-refractivity contribution in [3.8, 4) is 6.07 Å². The van der Waals surface area contributed by atoms with Gasteiger partial charge in [-0.05, 0) is 68.7 Å². The van der Waals surface area contributed by atoms with Gasteiger partial charge in [-0.1, -0.05) is 31.6 Å². The van der Waals surface area contributed by atoms with Crippen LogP contribution in [0.3, 0.4) is 0 Å². The van der Waals surface area contributed by atoms with E-state index in [2.05, 4.69) is 30.6 Å². The van der Waals surface area contributed by atoms with E-state index in [9.17, 15) is 5.26 Å². The van der Waals surface area contributed by atoms with Gasteiger partial charge >= 0.3 is 0 Å². The number of aromatic nitrogens is 3. The molecule has 3 aromatic heterocycles. The van der Waals surface area contributed by atoms with Crippen LogP contribution in [-0.4, -0.2) is 14.6 Å². The molecular formula is C25H28N4. The normalized spacial score (nSPS) is 15.0. The molecule has 1 fully saturated rings. The standard InChI is InChI=1S/C25H28N4/c1-18(15-19(2)22-10-3-4-13-27-22)7-5-11-23-25(21-8-6-9-21)24-16-20(17-26)12-14-29(24)28-23/h3-4,10,12-14,16,19,21H,1,5-9,11,15H2,2H3/t19-/m1/s1. The van der Waals surface area contributed by atoms with Crippen molar-refractivity contribution in [2.45, 2.75) is 63.7 Å². The van der Waals surface area contributed by atoms with Gasteiger partial charge in [0.2, 0.25) is 0 Å². The zero-order valence-electron chi connectivity index (χ0n) is 17.1. The molecule has 4 heteroatoms. The number of nitrogens with zero attached hydrogens (tertiary/aromatic N) is 4. The first-order chi connectivity index (χ1) is 14.2. The molecule has 1 aliphatic rings. The summed E-state index contributed by atoms with van der Waals surface area (Å²) in [5.74, 6) is 0.998. The van der Waals surface area contributed by atoms with Gasteiger partial charge < -0.3 is 0 Å². The summed E-state index contributed by atoms with van der Waals surface area (Å²) in [7, 11) is 0. The Hall–Kier alpha value is -2.93. The highest BCUT2D eigenvalue weighted by Crippen LogP contribution is 2.40. The van der Waals surface area contributed by atoms with Gasteiger partial charge in [-0.15, -0.1) is 0 Å². The Labute approximate surface area is 172 Å². The number of hydrogen-bond donors (Lipinski definition) is 0. The van der Waals surface area contributed by atoms with Gasteiger partial charge in [-0.25, -0.2) is 4.52 Å². The molecule has 29 heavy (non-hydrogen) atoms. The fourth-order valence-electron chi connectivity index (χ4n) is 4.32. The number of nitriles is 1. The average Bonchev–Trinajstić information content (AvgIpc) is 3.04. The van der Waals surface area contributed by atoms with E-state index in [4.69, 9.17) is 5.10 Å². The molecule has 0 unspecified atom stereocenters. The second-order valence-corrected chi connectivity index (χ2v) is 8.31. The SMILES string of the molecule is C=C(CCCc1nn2ccc(C#N)cc2c1C1CCC1)C[C@@H](C)c1ccccn1. The highest BCUT2D eigenvalue weighted by atomic mass is 15.2. The van der Waals surface area contributed by atoms with Gasteiger partial charge in [0.25, 0.3) is 0 Å². The molecule has 1 saturated carbocycles. The largest absolute Gasteiger partial charge is 0.261 e. The van der Waals surface area contributed by atoms with Crippen molar-refractivity contribution in [3.05, 3.63) is 77.4 Å². The van der Waals surface area contributed by atoms with Gasteiger partial charge in [0.05, 0.1) is 22.8 Å². The third-order valence-electron chi connectivity index (χ3n) is 6.12. The van der Waals surface area contributed by atoms with E-state index in [1.807, 2.05) is 41.2 Å². The molecule has 4 rings (SSSR count). The van der Waals surface area contributed by atoms with Crippen LogP contribution in [-0.2, 0) is 6.42 Å². The van der Waals surface area contributed by atoms with Gasteiger partial charge in [-0.3, -0.25) is 4.98 Å². The molecular weight excluding hydrogens is 356 g/mol. The Bertz CT molecular complexity index is 1040. The number of pyridine rings is 2. The molecule has 1 atom stereocenters. The van der Waals surface area contributed by atoms with E-state index in [0.717, 1.165) is 36.9 Å². The molecule has 148 valence electrons. The first-order valence-corrected chi connectivity index (χ1v) is 10.6. The molecule has 0 aromatic carbocycles. The summed E-state index contributed by atoms with van der Waals surface area (Å²) in [5, 5.41) is 14.1. The average molecular weight is 385 g/mol. The minimum absolute atomic E-state index is 0.397. The van der Waals surface area contributed by atoms with Crippen LogP contribution >= 0.6 is 0 Å². The summed E-state index contributed by atoms with van der Waals surface area (Å²) in [6, 6.07) is 12.2. The lowest BCUT2D eigenvalue weighted by atomic mass is 9.78. The van der Waals surface area contributed by atoms with Crippen molar-refractivity contribution in [2.24, 2.45) is 0 Å². The first-order valence-electron chi connectivity index (χ1n) is 10.6. The van der Waals surface area contributed by atoms with Crippen LogP contribution in [0.25, 0.3) is 5.52 Å². The lowest BCUT2D eigenvalue weighted by Crippen LogP contribution is -2.10. The van der Waals surface area contributed by atoms with Crippen LogP contribution in [0.15, 0.2) is 54.9 Å². The molecule has 3 aromatic rings. The van der Waals surface area contributed by atoms with E-state index in [-0.39, 0.29) is 0 Å². The van der Waals surface area contributed by atoms with Crippen molar-refractivity contribution < 1.29 is 0 Å². The Morgan fingerprint density at radius 3 is 2.90 bits per heavy atom. The zero-order valence-corrected chi connectivity index (χ0v) is 17.1. The van der Waals surface area contributed by atoms with Crippen LogP contribution in [0.4, 0.5) is 0 Å². The summed E-state index contributed by atoms with van der Waals surface area (Å²) in [4.78, 5) is 4.47. The summed E-state index contributed by atoms with van der Waals surface area (Å²) in [5.41, 5.74) is 6.82. The first kappa shape index (κ1) is 19.4. The van der Waals surface area contributed by atoms with Gasteiger partial charge in [0.15, 0.2) is 0 Å². The molecule has 0 spiro atoms. The monoisotopic (exact) mass is 384 g/mol. The van der Waals surface area contributed by atoms with E-state index < -0.39 is 0 Å². The maximum atomic E-state index is 9.27. The summed E-state index contributed by atoms with van der Waals surface area (Å²) in [6.07, 6.45) is 11.6. The number of rotatable bonds is 8. The lowest BCUT2D eigenvalue weighted by molar-refractivity contribution is 0.419. The molecule has 0 amide bonds. The minimum atomic E-state index is 0.397. The van der Waals surface area contributed by atoms with Crippen LogP contribution in [0.1, 0.15) is 79.8 Å². The molecule has 0 aliphatic heterocycles. The Morgan fingerprint density at radius 1 is 1.34 bits per heavy atom. The lowest BCUT2D eigenvalue weighted by Gasteiger charge is -2.26. The summed E-state index contributed by atoms with van der Waals surface area (Å²) < 4.78 is 1.96. The fraction of sp³-hybridized carbons (Fsp3) is 0.400. The van der Waals surface area contributed by atoms with Crippen molar-refractivity contribution in [1.29, 1.82) is 5.26 Å². The van der Waals surface area contributed by atoms with Crippen LogP contribution < -0.4 is 0 Å². The van der Waals surface area contributed by atoms with E-state index in [1.54, 1.807) is 0 Å². The quantitative estimate of drug-likeness (QED) is 0.452. The third-order valence-corrected chi connectivity index (χ3v) is 6.12. The smallest absolute Gasteiger partial charge is 0.0992 e. The molecule has 1 aliphatic carbocycles. The predicted molar refractivity (Wildman–Crippen MR) is 116 cm³/mol. The Kier molecular flexibility index (Phi) is 5.76. The van der Waals surface area contributed by atoms with Crippen molar-refractivity contribution in [3.63, 3.8) is 0 Å². The van der Waals surface area contributed by atoms with Crippen molar-refractivity contribution in [2.75, 3.05) is 0 Å². The fourth-order valence-corrected chi connectivity index (χ4v) is 4.32. The highest BCUT2D eigenvalue weighted by Gasteiger charge is 2.26. The third kappa shape index (κ3) is 4.24. The van der Waals surface area contributed by atoms with Gasteiger partial charge in [0, 0.05) is 29.6 Å². The van der Waals surface area contributed by atoms with Crippen LogP contribution in [0.5, 0.6) is 0 Å². The topological polar surface area (TPSA) is 54.0 Å². The highest BCUT2D eigenvalue weighted by molar-refractivity contribution is 5.61.